The van der Waals surface area contributed by atoms with Gasteiger partial charge in [-0.2, -0.15) is 13.2 Å². The fourth-order valence-corrected chi connectivity index (χ4v) is 1.67. The monoisotopic (exact) mass is 247 g/mol. The number of nitrogens with one attached hydrogen (secondary N) is 1. The smallest absolute Gasteiger partial charge is 0.378 e. The quantitative estimate of drug-likeness (QED) is 0.417. The van der Waals surface area contributed by atoms with Crippen LogP contribution in [0, 0.1) is 0 Å². The number of hydrogen-bond acceptors (Lipinski definition) is 2. The molecule has 0 aliphatic heterocycles. The van der Waals surface area contributed by atoms with Crippen LogP contribution in [0.3, 0.4) is 0 Å². The molecule has 2 nitrogen and oxygen atoms in total. The Hall–Kier alpha value is -0.143. The number of hydrogen-bond donors (Lipinski definition) is 1. The first-order chi connectivity index (χ1) is 6.87. The van der Waals surface area contributed by atoms with E-state index in [-0.39, 0.29) is 6.61 Å². The summed E-state index contributed by atoms with van der Waals surface area (Å²) in [6.45, 7) is 0.457. The molecule has 0 aliphatic rings. The lowest BCUT2D eigenvalue weighted by Crippen LogP contribution is -2.44. The standard InChI is InChI=1S/C8H17F4NOSi/c1-3-7(9,8(10,11)12)6-14-4-5-15-13-2/h13H,3-6,15H2,1-2H3. The van der Waals surface area contributed by atoms with Crippen LogP contribution in [0.1, 0.15) is 13.3 Å². The third kappa shape index (κ3) is 4.94. The lowest BCUT2D eigenvalue weighted by molar-refractivity contribution is -0.246. The zero-order valence-electron chi connectivity index (χ0n) is 8.96. The summed E-state index contributed by atoms with van der Waals surface area (Å²) in [6.07, 6.45) is -5.46. The summed E-state index contributed by atoms with van der Waals surface area (Å²) in [7, 11) is 1.32. The van der Waals surface area contributed by atoms with E-state index >= 15 is 0 Å². The van der Waals surface area contributed by atoms with E-state index in [0.29, 0.717) is 6.04 Å². The number of alkyl halides is 4. The van der Waals surface area contributed by atoms with Crippen LogP contribution in [0.15, 0.2) is 0 Å². The molecule has 7 heteroatoms. The highest BCUT2D eigenvalue weighted by molar-refractivity contribution is 6.31. The van der Waals surface area contributed by atoms with Gasteiger partial charge in [0.05, 0.1) is 16.3 Å². The predicted octanol–water partition coefficient (Wildman–Crippen LogP) is 1.41. The summed E-state index contributed by atoms with van der Waals surface area (Å²) in [5, 5.41) is 0. The van der Waals surface area contributed by atoms with Gasteiger partial charge in [0.15, 0.2) is 0 Å². The Labute approximate surface area is 89.3 Å². The molecule has 1 atom stereocenters. The van der Waals surface area contributed by atoms with Gasteiger partial charge in [-0.25, -0.2) is 4.39 Å². The van der Waals surface area contributed by atoms with Crippen molar-refractivity contribution in [3.05, 3.63) is 0 Å². The lowest BCUT2D eigenvalue weighted by Gasteiger charge is -2.26. The number of rotatable bonds is 7. The van der Waals surface area contributed by atoms with Crippen molar-refractivity contribution in [1.82, 2.24) is 4.98 Å². The third-order valence-electron chi connectivity index (χ3n) is 2.11. The molecule has 1 unspecified atom stereocenters. The highest BCUT2D eigenvalue weighted by Crippen LogP contribution is 2.36. The molecule has 0 aromatic carbocycles. The first-order valence-corrected chi connectivity index (χ1v) is 6.56. The van der Waals surface area contributed by atoms with Crippen molar-refractivity contribution in [2.45, 2.75) is 31.2 Å². The largest absolute Gasteiger partial charge is 0.424 e. The summed E-state index contributed by atoms with van der Waals surface area (Å²) >= 11 is 0. The molecule has 0 rings (SSSR count). The van der Waals surface area contributed by atoms with Gasteiger partial charge in [-0.15, -0.1) is 0 Å². The van der Waals surface area contributed by atoms with Crippen molar-refractivity contribution >= 4 is 9.68 Å². The topological polar surface area (TPSA) is 21.3 Å². The summed E-state index contributed by atoms with van der Waals surface area (Å²) in [4.78, 5) is 2.95. The Morgan fingerprint density at radius 3 is 2.27 bits per heavy atom. The van der Waals surface area contributed by atoms with Gasteiger partial charge >= 0.3 is 6.18 Å². The molecule has 1 N–H and O–H groups in total. The Balaban J connectivity index is 3.90. The van der Waals surface area contributed by atoms with Crippen LogP contribution in [0.4, 0.5) is 17.6 Å². The van der Waals surface area contributed by atoms with Gasteiger partial charge in [-0.05, 0) is 19.5 Å². The second-order valence-electron chi connectivity index (χ2n) is 3.33. The highest BCUT2D eigenvalue weighted by atomic mass is 28.2. The second kappa shape index (κ2) is 6.44. The van der Waals surface area contributed by atoms with E-state index in [1.165, 1.54) is 6.92 Å². The lowest BCUT2D eigenvalue weighted by atomic mass is 10.0. The maximum atomic E-state index is 13.3. The Bertz CT molecular complexity index is 179. The molecule has 92 valence electrons. The Morgan fingerprint density at radius 1 is 1.27 bits per heavy atom. The predicted molar refractivity (Wildman–Crippen MR) is 53.4 cm³/mol. The Kier molecular flexibility index (Phi) is 6.38. The number of halogens is 4. The van der Waals surface area contributed by atoms with Crippen LogP contribution in [-0.2, 0) is 4.74 Å². The molecule has 0 spiro atoms. The molecule has 0 heterocycles. The minimum absolute atomic E-state index is 0.189. The van der Waals surface area contributed by atoms with E-state index in [9.17, 15) is 17.6 Å². The van der Waals surface area contributed by atoms with Crippen molar-refractivity contribution in [3.8, 4) is 0 Å². The molecule has 0 aromatic heterocycles. The van der Waals surface area contributed by atoms with E-state index in [4.69, 9.17) is 4.74 Å². The molecule has 0 saturated heterocycles. The van der Waals surface area contributed by atoms with Gasteiger partial charge in [0.1, 0.15) is 0 Å². The van der Waals surface area contributed by atoms with Crippen LogP contribution < -0.4 is 4.98 Å². The van der Waals surface area contributed by atoms with Crippen LogP contribution in [-0.4, -0.2) is 41.8 Å². The van der Waals surface area contributed by atoms with Gasteiger partial charge in [-0.3, -0.25) is 0 Å². The zero-order valence-corrected chi connectivity index (χ0v) is 10.4. The molecule has 0 radical (unpaired) electrons. The summed E-state index contributed by atoms with van der Waals surface area (Å²) < 4.78 is 54.7. The first kappa shape index (κ1) is 14.9. The number of ether oxygens (including phenoxy) is 1. The molecular formula is C8H17F4NOSi. The van der Waals surface area contributed by atoms with Crippen LogP contribution in [0.25, 0.3) is 0 Å². The van der Waals surface area contributed by atoms with Gasteiger partial charge in [0, 0.05) is 6.61 Å². The maximum Gasteiger partial charge on any atom is 0.424 e. The van der Waals surface area contributed by atoms with Crippen LogP contribution in [0.5, 0.6) is 0 Å². The van der Waals surface area contributed by atoms with E-state index in [2.05, 4.69) is 4.98 Å². The highest BCUT2D eigenvalue weighted by Gasteiger charge is 2.54. The molecule has 0 saturated carbocycles. The van der Waals surface area contributed by atoms with Crippen LogP contribution in [0.2, 0.25) is 6.04 Å². The van der Waals surface area contributed by atoms with Crippen molar-refractivity contribution in [1.29, 1.82) is 0 Å². The Morgan fingerprint density at radius 2 is 1.87 bits per heavy atom. The van der Waals surface area contributed by atoms with Gasteiger partial charge in [0.25, 0.3) is 0 Å². The van der Waals surface area contributed by atoms with E-state index in [0.717, 1.165) is 0 Å². The van der Waals surface area contributed by atoms with E-state index in [1.807, 2.05) is 0 Å². The van der Waals surface area contributed by atoms with Crippen molar-refractivity contribution in [2.24, 2.45) is 0 Å². The average Bonchev–Trinajstić information content (AvgIpc) is 2.15. The van der Waals surface area contributed by atoms with Crippen molar-refractivity contribution < 1.29 is 22.3 Å². The summed E-state index contributed by atoms with van der Waals surface area (Å²) in [5.74, 6) is 0. The average molecular weight is 247 g/mol. The maximum absolute atomic E-state index is 13.3. The summed E-state index contributed by atoms with van der Waals surface area (Å²) in [5.41, 5.74) is -3.20. The third-order valence-corrected chi connectivity index (χ3v) is 3.26. The molecule has 0 fully saturated rings. The zero-order chi connectivity index (χ0) is 11.9. The van der Waals surface area contributed by atoms with E-state index < -0.39 is 34.6 Å². The normalized spacial score (nSPS) is 17.2. The van der Waals surface area contributed by atoms with Crippen molar-refractivity contribution in [3.63, 3.8) is 0 Å². The van der Waals surface area contributed by atoms with Gasteiger partial charge in [-0.1, -0.05) is 6.92 Å². The second-order valence-corrected chi connectivity index (χ2v) is 5.24. The van der Waals surface area contributed by atoms with Crippen molar-refractivity contribution in [2.75, 3.05) is 20.3 Å². The molecule has 15 heavy (non-hydrogen) atoms. The minimum Gasteiger partial charge on any atom is -0.378 e. The summed E-state index contributed by atoms with van der Waals surface area (Å²) in [6, 6.07) is 0.703. The SMILES string of the molecule is CCC(F)(COCC[SiH2]NC)C(F)(F)F. The molecule has 0 bridgehead atoms. The van der Waals surface area contributed by atoms with Gasteiger partial charge in [0.2, 0.25) is 5.67 Å². The fourth-order valence-electron chi connectivity index (χ4n) is 0.969. The van der Waals surface area contributed by atoms with Gasteiger partial charge < -0.3 is 9.72 Å². The molecule has 0 amide bonds. The molecular weight excluding hydrogens is 230 g/mol. The minimum atomic E-state index is -4.85. The molecule has 0 aliphatic carbocycles. The van der Waals surface area contributed by atoms with Crippen LogP contribution >= 0.6 is 0 Å². The van der Waals surface area contributed by atoms with E-state index in [1.54, 1.807) is 7.05 Å². The fraction of sp³-hybridized carbons (Fsp3) is 1.00. The molecule has 0 aromatic rings. The first-order valence-electron chi connectivity index (χ1n) is 4.85.